The standard InChI is InChI=1S/C27H50O6/c1-3-5-7-9-11-15-19-23(20-16-12-10-8-6-4-2)33-25(28)22-18-14-13-17-21-24(26(29)30)27(31)32/h23-24H,3-22H2,1-2H3,(H,29,30)(H,31,32). The van der Waals surface area contributed by atoms with Crippen molar-refractivity contribution in [1.29, 1.82) is 0 Å². The third-order valence-electron chi connectivity index (χ3n) is 6.28. The van der Waals surface area contributed by atoms with Crippen LogP contribution >= 0.6 is 0 Å². The Kier molecular flexibility index (Phi) is 21.1. The van der Waals surface area contributed by atoms with E-state index < -0.39 is 17.9 Å². The van der Waals surface area contributed by atoms with Crippen molar-refractivity contribution in [3.05, 3.63) is 0 Å². The van der Waals surface area contributed by atoms with Gasteiger partial charge in [0.25, 0.3) is 0 Å². The van der Waals surface area contributed by atoms with Crippen LogP contribution in [0, 0.1) is 5.92 Å². The molecule has 0 heterocycles. The molecule has 0 radical (unpaired) electrons. The zero-order chi connectivity index (χ0) is 24.7. The Morgan fingerprint density at radius 3 is 1.42 bits per heavy atom. The van der Waals surface area contributed by atoms with Crippen LogP contribution in [0.4, 0.5) is 0 Å². The summed E-state index contributed by atoms with van der Waals surface area (Å²) in [6.45, 7) is 4.44. The van der Waals surface area contributed by atoms with E-state index in [4.69, 9.17) is 14.9 Å². The molecule has 0 saturated heterocycles. The number of carboxylic acids is 2. The Hall–Kier alpha value is -1.59. The van der Waals surface area contributed by atoms with Crippen molar-refractivity contribution in [3.8, 4) is 0 Å². The van der Waals surface area contributed by atoms with Gasteiger partial charge in [-0.15, -0.1) is 0 Å². The molecule has 6 heteroatoms. The Balaban J connectivity index is 4.15. The van der Waals surface area contributed by atoms with E-state index >= 15 is 0 Å². The van der Waals surface area contributed by atoms with Crippen LogP contribution in [-0.2, 0) is 19.1 Å². The van der Waals surface area contributed by atoms with Crippen LogP contribution in [0.2, 0.25) is 0 Å². The molecule has 0 amide bonds. The maximum absolute atomic E-state index is 12.3. The highest BCUT2D eigenvalue weighted by Gasteiger charge is 2.24. The molecule has 0 aromatic rings. The van der Waals surface area contributed by atoms with Gasteiger partial charge in [0, 0.05) is 6.42 Å². The number of unbranched alkanes of at least 4 members (excludes halogenated alkanes) is 13. The first-order chi connectivity index (χ1) is 15.9. The maximum atomic E-state index is 12.3. The van der Waals surface area contributed by atoms with Crippen molar-refractivity contribution in [2.45, 2.75) is 148 Å². The number of aliphatic carboxylic acids is 2. The van der Waals surface area contributed by atoms with Crippen molar-refractivity contribution in [3.63, 3.8) is 0 Å². The summed E-state index contributed by atoms with van der Waals surface area (Å²) in [5.41, 5.74) is 0. The van der Waals surface area contributed by atoms with Crippen molar-refractivity contribution in [1.82, 2.24) is 0 Å². The monoisotopic (exact) mass is 470 g/mol. The van der Waals surface area contributed by atoms with Crippen LogP contribution in [0.1, 0.15) is 142 Å². The van der Waals surface area contributed by atoms with Gasteiger partial charge in [0.1, 0.15) is 6.10 Å². The molecule has 194 valence electrons. The highest BCUT2D eigenvalue weighted by molar-refractivity contribution is 5.92. The summed E-state index contributed by atoms with van der Waals surface area (Å²) in [5, 5.41) is 17.8. The zero-order valence-corrected chi connectivity index (χ0v) is 21.3. The third-order valence-corrected chi connectivity index (χ3v) is 6.28. The van der Waals surface area contributed by atoms with Gasteiger partial charge in [0.15, 0.2) is 5.92 Å². The molecule has 0 fully saturated rings. The first-order valence-corrected chi connectivity index (χ1v) is 13.6. The number of ether oxygens (including phenoxy) is 1. The number of rotatable bonds is 24. The second-order valence-corrected chi connectivity index (χ2v) is 9.41. The van der Waals surface area contributed by atoms with Gasteiger partial charge in [0.05, 0.1) is 0 Å². The van der Waals surface area contributed by atoms with Crippen LogP contribution in [0.5, 0.6) is 0 Å². The minimum absolute atomic E-state index is 0.0294. The van der Waals surface area contributed by atoms with Crippen molar-refractivity contribution >= 4 is 17.9 Å². The van der Waals surface area contributed by atoms with Gasteiger partial charge in [-0.25, -0.2) is 0 Å². The number of carboxylic acid groups (broad SMARTS) is 2. The van der Waals surface area contributed by atoms with Crippen molar-refractivity contribution in [2.75, 3.05) is 0 Å². The van der Waals surface area contributed by atoms with E-state index in [1.165, 1.54) is 64.2 Å². The third kappa shape index (κ3) is 19.6. The minimum atomic E-state index is -1.33. The first-order valence-electron chi connectivity index (χ1n) is 13.6. The lowest BCUT2D eigenvalue weighted by Crippen LogP contribution is -2.23. The molecular weight excluding hydrogens is 420 g/mol. The minimum Gasteiger partial charge on any atom is -0.481 e. The van der Waals surface area contributed by atoms with Crippen LogP contribution in [0.15, 0.2) is 0 Å². The highest BCUT2D eigenvalue weighted by atomic mass is 16.5. The summed E-state index contributed by atoms with van der Waals surface area (Å²) in [7, 11) is 0. The average Bonchev–Trinajstić information content (AvgIpc) is 2.77. The molecule has 0 bridgehead atoms. The highest BCUT2D eigenvalue weighted by Crippen LogP contribution is 2.18. The lowest BCUT2D eigenvalue weighted by molar-refractivity contribution is -0.155. The first kappa shape index (κ1) is 31.4. The Morgan fingerprint density at radius 2 is 0.970 bits per heavy atom. The molecule has 0 aromatic carbocycles. The molecule has 0 aliphatic carbocycles. The fraction of sp³-hybridized carbons (Fsp3) is 0.889. The second-order valence-electron chi connectivity index (χ2n) is 9.41. The molecule has 6 nitrogen and oxygen atoms in total. The number of hydrogen-bond donors (Lipinski definition) is 2. The van der Waals surface area contributed by atoms with E-state index in [-0.39, 0.29) is 18.5 Å². The fourth-order valence-electron chi connectivity index (χ4n) is 4.14. The van der Waals surface area contributed by atoms with Crippen molar-refractivity contribution in [2.24, 2.45) is 5.92 Å². The summed E-state index contributed by atoms with van der Waals surface area (Å²) in [6.07, 6.45) is 20.0. The molecule has 0 rings (SSSR count). The molecule has 2 N–H and O–H groups in total. The number of hydrogen-bond acceptors (Lipinski definition) is 4. The summed E-state index contributed by atoms with van der Waals surface area (Å²) >= 11 is 0. The van der Waals surface area contributed by atoms with Crippen LogP contribution in [0.25, 0.3) is 0 Å². The van der Waals surface area contributed by atoms with E-state index in [0.29, 0.717) is 19.3 Å². The predicted molar refractivity (Wildman–Crippen MR) is 132 cm³/mol. The van der Waals surface area contributed by atoms with Gasteiger partial charge in [-0.2, -0.15) is 0 Å². The number of esters is 1. The summed E-state index contributed by atoms with van der Waals surface area (Å²) in [5.74, 6) is -4.04. The Morgan fingerprint density at radius 1 is 0.576 bits per heavy atom. The smallest absolute Gasteiger partial charge is 0.317 e. The van der Waals surface area contributed by atoms with Gasteiger partial charge < -0.3 is 14.9 Å². The molecular formula is C27H50O6. The molecule has 33 heavy (non-hydrogen) atoms. The van der Waals surface area contributed by atoms with Crippen LogP contribution in [0.3, 0.4) is 0 Å². The largest absolute Gasteiger partial charge is 0.481 e. The van der Waals surface area contributed by atoms with Gasteiger partial charge in [-0.05, 0) is 38.5 Å². The zero-order valence-electron chi connectivity index (χ0n) is 21.3. The lowest BCUT2D eigenvalue weighted by Gasteiger charge is -2.18. The number of carbonyl (C=O) groups is 3. The van der Waals surface area contributed by atoms with E-state index in [0.717, 1.165) is 38.5 Å². The Labute approximate surface area is 201 Å². The molecule has 0 atom stereocenters. The lowest BCUT2D eigenvalue weighted by atomic mass is 10.0. The number of carbonyl (C=O) groups excluding carboxylic acids is 1. The van der Waals surface area contributed by atoms with E-state index in [2.05, 4.69) is 13.8 Å². The molecule has 0 aliphatic heterocycles. The van der Waals surface area contributed by atoms with Gasteiger partial charge in [0.2, 0.25) is 0 Å². The summed E-state index contributed by atoms with van der Waals surface area (Å²) in [4.78, 5) is 34.1. The summed E-state index contributed by atoms with van der Waals surface area (Å²) in [6, 6.07) is 0. The quantitative estimate of drug-likeness (QED) is 0.0859. The van der Waals surface area contributed by atoms with Gasteiger partial charge in [-0.1, -0.05) is 97.3 Å². The fourth-order valence-corrected chi connectivity index (χ4v) is 4.14. The Bertz CT molecular complexity index is 475. The van der Waals surface area contributed by atoms with E-state index in [1.807, 2.05) is 0 Å². The normalized spacial score (nSPS) is 11.3. The van der Waals surface area contributed by atoms with Crippen molar-refractivity contribution < 1.29 is 29.3 Å². The second kappa shape index (κ2) is 22.2. The van der Waals surface area contributed by atoms with Gasteiger partial charge in [-0.3, -0.25) is 14.4 Å². The maximum Gasteiger partial charge on any atom is 0.317 e. The van der Waals surface area contributed by atoms with Crippen LogP contribution < -0.4 is 0 Å². The van der Waals surface area contributed by atoms with Gasteiger partial charge >= 0.3 is 17.9 Å². The van der Waals surface area contributed by atoms with E-state index in [1.54, 1.807) is 0 Å². The van der Waals surface area contributed by atoms with Crippen LogP contribution in [-0.4, -0.2) is 34.2 Å². The topological polar surface area (TPSA) is 101 Å². The molecule has 0 unspecified atom stereocenters. The molecule has 0 spiro atoms. The molecule has 0 saturated carbocycles. The molecule has 0 aromatic heterocycles. The summed E-state index contributed by atoms with van der Waals surface area (Å²) < 4.78 is 5.82. The van der Waals surface area contributed by atoms with E-state index in [9.17, 15) is 14.4 Å². The average molecular weight is 471 g/mol. The SMILES string of the molecule is CCCCCCCCC(CCCCCCCC)OC(=O)CCCCCCC(C(=O)O)C(=O)O. The predicted octanol–water partition coefficient (Wildman–Crippen LogP) is 7.53. The molecule has 0 aliphatic rings.